The lowest BCUT2D eigenvalue weighted by Crippen LogP contribution is -2.38. The molecule has 1 rings (SSSR count). The normalized spacial score (nSPS) is 12.9. The van der Waals surface area contributed by atoms with Gasteiger partial charge in [0, 0.05) is 26.7 Å². The summed E-state index contributed by atoms with van der Waals surface area (Å²) in [5.74, 6) is 0.264. The van der Waals surface area contributed by atoms with Gasteiger partial charge in [0.05, 0.1) is 24.5 Å². The molecule has 0 aromatic heterocycles. The van der Waals surface area contributed by atoms with E-state index in [4.69, 9.17) is 4.74 Å². The summed E-state index contributed by atoms with van der Waals surface area (Å²) in [5.41, 5.74) is 0.721. The van der Waals surface area contributed by atoms with Crippen LogP contribution in [0.15, 0.2) is 34.2 Å². The third-order valence-corrected chi connectivity index (χ3v) is 4.77. The van der Waals surface area contributed by atoms with Crippen molar-refractivity contribution in [3.63, 3.8) is 0 Å². The highest BCUT2D eigenvalue weighted by Gasteiger charge is 2.26. The number of aliphatic imine (C=N–C) groups is 1. The Labute approximate surface area is 157 Å². The lowest BCUT2D eigenvalue weighted by molar-refractivity contribution is -0.132. The minimum atomic E-state index is -4.23. The van der Waals surface area contributed by atoms with Crippen molar-refractivity contribution in [1.82, 2.24) is 15.4 Å². The fraction of sp³-hybridized carbons (Fsp3) is 0.562. The summed E-state index contributed by atoms with van der Waals surface area (Å²) in [6.45, 7) is 2.65. The fourth-order valence-corrected chi connectivity index (χ4v) is 2.98. The SMILES string of the molecule is CCNC(=NCc1ccc(S(=O)(=O)NCCOC)cc1)NCCC(F)(F)F. The molecule has 0 unspecified atom stereocenters. The molecule has 0 aliphatic rings. The fourth-order valence-electron chi connectivity index (χ4n) is 1.97. The van der Waals surface area contributed by atoms with E-state index >= 15 is 0 Å². The van der Waals surface area contributed by atoms with E-state index in [-0.39, 0.29) is 37.1 Å². The second kappa shape index (κ2) is 11.1. The zero-order valence-electron chi connectivity index (χ0n) is 15.3. The van der Waals surface area contributed by atoms with Crippen molar-refractivity contribution in [2.75, 3.05) is 33.4 Å². The maximum atomic E-state index is 12.2. The number of methoxy groups -OCH3 is 1. The smallest absolute Gasteiger partial charge is 0.383 e. The molecule has 11 heteroatoms. The quantitative estimate of drug-likeness (QED) is 0.310. The summed E-state index contributed by atoms with van der Waals surface area (Å²) >= 11 is 0. The van der Waals surface area contributed by atoms with Gasteiger partial charge in [0.25, 0.3) is 0 Å². The molecule has 0 aliphatic heterocycles. The Kier molecular flexibility index (Phi) is 9.53. The van der Waals surface area contributed by atoms with Crippen molar-refractivity contribution < 1.29 is 26.3 Å². The Morgan fingerprint density at radius 3 is 2.37 bits per heavy atom. The molecule has 0 atom stereocenters. The summed E-state index contributed by atoms with van der Waals surface area (Å²) in [5, 5.41) is 5.47. The Hall–Kier alpha value is -1.85. The van der Waals surface area contributed by atoms with Gasteiger partial charge < -0.3 is 15.4 Å². The third-order valence-electron chi connectivity index (χ3n) is 3.30. The van der Waals surface area contributed by atoms with Crippen LogP contribution in [0.1, 0.15) is 18.9 Å². The summed E-state index contributed by atoms with van der Waals surface area (Å²) in [4.78, 5) is 4.31. The third kappa shape index (κ3) is 9.59. The lowest BCUT2D eigenvalue weighted by Gasteiger charge is -2.12. The molecule has 154 valence electrons. The molecule has 3 N–H and O–H groups in total. The molecule has 7 nitrogen and oxygen atoms in total. The van der Waals surface area contributed by atoms with Crippen LogP contribution in [0.4, 0.5) is 13.2 Å². The molecule has 1 aromatic rings. The van der Waals surface area contributed by atoms with Crippen LogP contribution in [0.25, 0.3) is 0 Å². The van der Waals surface area contributed by atoms with Crippen LogP contribution >= 0.6 is 0 Å². The minimum absolute atomic E-state index is 0.113. The summed E-state index contributed by atoms with van der Waals surface area (Å²) < 4.78 is 68.0. The van der Waals surface area contributed by atoms with Crippen molar-refractivity contribution in [3.8, 4) is 0 Å². The molecule has 27 heavy (non-hydrogen) atoms. The van der Waals surface area contributed by atoms with E-state index in [1.807, 2.05) is 0 Å². The van der Waals surface area contributed by atoms with Crippen LogP contribution in [0.3, 0.4) is 0 Å². The summed E-state index contributed by atoms with van der Waals surface area (Å²) in [6, 6.07) is 6.11. The zero-order chi connectivity index (χ0) is 20.3. The average molecular weight is 410 g/mol. The van der Waals surface area contributed by atoms with Crippen molar-refractivity contribution in [2.24, 2.45) is 4.99 Å². The van der Waals surface area contributed by atoms with Crippen LogP contribution in [-0.2, 0) is 21.3 Å². The maximum absolute atomic E-state index is 12.2. The first-order valence-corrected chi connectivity index (χ1v) is 9.82. The topological polar surface area (TPSA) is 91.8 Å². The molecule has 0 bridgehead atoms. The number of guanidine groups is 1. The largest absolute Gasteiger partial charge is 0.390 e. The molecule has 0 amide bonds. The van der Waals surface area contributed by atoms with Crippen LogP contribution in [0.2, 0.25) is 0 Å². The number of hydrogen-bond acceptors (Lipinski definition) is 4. The zero-order valence-corrected chi connectivity index (χ0v) is 16.1. The van der Waals surface area contributed by atoms with Gasteiger partial charge >= 0.3 is 6.18 Å². The monoisotopic (exact) mass is 410 g/mol. The first-order valence-electron chi connectivity index (χ1n) is 8.34. The first kappa shape index (κ1) is 23.2. The van der Waals surface area contributed by atoms with Crippen molar-refractivity contribution in [3.05, 3.63) is 29.8 Å². The highest BCUT2D eigenvalue weighted by molar-refractivity contribution is 7.89. The Morgan fingerprint density at radius 1 is 1.15 bits per heavy atom. The van der Waals surface area contributed by atoms with Crippen molar-refractivity contribution in [2.45, 2.75) is 31.0 Å². The van der Waals surface area contributed by atoms with E-state index in [2.05, 4.69) is 20.3 Å². The second-order valence-electron chi connectivity index (χ2n) is 5.52. The van der Waals surface area contributed by atoms with E-state index < -0.39 is 22.6 Å². The second-order valence-corrected chi connectivity index (χ2v) is 7.29. The lowest BCUT2D eigenvalue weighted by atomic mass is 10.2. The average Bonchev–Trinajstić information content (AvgIpc) is 2.59. The number of nitrogens with one attached hydrogen (secondary N) is 3. The van der Waals surface area contributed by atoms with Crippen molar-refractivity contribution in [1.29, 1.82) is 0 Å². The van der Waals surface area contributed by atoms with Crippen LogP contribution in [-0.4, -0.2) is 53.9 Å². The van der Waals surface area contributed by atoms with Gasteiger partial charge in [-0.3, -0.25) is 0 Å². The van der Waals surface area contributed by atoms with Gasteiger partial charge in [-0.25, -0.2) is 18.1 Å². The Balaban J connectivity index is 2.67. The standard InChI is InChI=1S/C16H25F3N4O3S/c1-3-20-15(21-9-8-16(17,18)19)22-12-13-4-6-14(7-5-13)27(24,25)23-10-11-26-2/h4-7,23H,3,8-12H2,1-2H3,(H2,20,21,22). The maximum Gasteiger partial charge on any atom is 0.390 e. The van der Waals surface area contributed by atoms with E-state index in [1.54, 1.807) is 19.1 Å². The van der Waals surface area contributed by atoms with E-state index in [1.165, 1.54) is 19.2 Å². The molecule has 1 aromatic carbocycles. The molecule has 0 aliphatic carbocycles. The Morgan fingerprint density at radius 2 is 1.81 bits per heavy atom. The van der Waals surface area contributed by atoms with Crippen LogP contribution < -0.4 is 15.4 Å². The molecular formula is C16H25F3N4O3S. The van der Waals surface area contributed by atoms with Crippen LogP contribution in [0.5, 0.6) is 0 Å². The number of hydrogen-bond donors (Lipinski definition) is 3. The molecule has 0 heterocycles. The molecule has 0 saturated heterocycles. The van der Waals surface area contributed by atoms with Gasteiger partial charge in [-0.1, -0.05) is 12.1 Å². The summed E-state index contributed by atoms with van der Waals surface area (Å²) in [7, 11) is -2.14. The number of alkyl halides is 3. The number of halogens is 3. The highest BCUT2D eigenvalue weighted by atomic mass is 32.2. The number of rotatable bonds is 10. The van der Waals surface area contributed by atoms with Crippen LogP contribution in [0, 0.1) is 0 Å². The van der Waals surface area contributed by atoms with Gasteiger partial charge in [0.1, 0.15) is 0 Å². The van der Waals surface area contributed by atoms with Gasteiger partial charge in [-0.15, -0.1) is 0 Å². The summed E-state index contributed by atoms with van der Waals surface area (Å²) in [6.07, 6.45) is -5.19. The molecule has 0 spiro atoms. The van der Waals surface area contributed by atoms with E-state index in [9.17, 15) is 21.6 Å². The first-order chi connectivity index (χ1) is 12.7. The molecule has 0 fully saturated rings. The molecule has 0 saturated carbocycles. The predicted molar refractivity (Wildman–Crippen MR) is 97.0 cm³/mol. The van der Waals surface area contributed by atoms with E-state index in [0.717, 1.165) is 5.56 Å². The number of sulfonamides is 1. The number of nitrogens with zero attached hydrogens (tertiary/aromatic N) is 1. The number of benzene rings is 1. The van der Waals surface area contributed by atoms with Crippen molar-refractivity contribution >= 4 is 16.0 Å². The Bertz CT molecular complexity index is 692. The van der Waals surface area contributed by atoms with Gasteiger partial charge in [-0.2, -0.15) is 13.2 Å². The molecular weight excluding hydrogens is 385 g/mol. The van der Waals surface area contributed by atoms with Gasteiger partial charge in [0.15, 0.2) is 5.96 Å². The molecule has 0 radical (unpaired) electrons. The predicted octanol–water partition coefficient (Wildman–Crippen LogP) is 1.62. The minimum Gasteiger partial charge on any atom is -0.383 e. The highest BCUT2D eigenvalue weighted by Crippen LogP contribution is 2.18. The van der Waals surface area contributed by atoms with Gasteiger partial charge in [-0.05, 0) is 24.6 Å². The van der Waals surface area contributed by atoms with E-state index in [0.29, 0.717) is 6.54 Å². The van der Waals surface area contributed by atoms with Gasteiger partial charge in [0.2, 0.25) is 10.0 Å². The number of ether oxygens (including phenoxy) is 1.